The molecule has 6 amide bonds. The summed E-state index contributed by atoms with van der Waals surface area (Å²) in [6.07, 6.45) is 0.402. The summed E-state index contributed by atoms with van der Waals surface area (Å²) in [4.78, 5) is 93.6. The van der Waals surface area contributed by atoms with Gasteiger partial charge in [-0.2, -0.15) is 0 Å². The third-order valence-corrected chi connectivity index (χ3v) is 14.5. The molecule has 1 aliphatic rings. The maximum Gasteiger partial charge on any atom is 0.244 e. The molecule has 21 heteroatoms. The lowest BCUT2D eigenvalue weighted by Gasteiger charge is -2.36. The lowest BCUT2D eigenvalue weighted by molar-refractivity contribution is -0.137. The van der Waals surface area contributed by atoms with E-state index in [0.29, 0.717) is 33.4 Å². The van der Waals surface area contributed by atoms with Crippen LogP contribution < -0.4 is 65.1 Å². The van der Waals surface area contributed by atoms with Crippen molar-refractivity contribution in [2.45, 2.75) is 92.5 Å². The van der Waals surface area contributed by atoms with E-state index in [-0.39, 0.29) is 76.0 Å². The molecule has 0 saturated carbocycles. The Hall–Kier alpha value is -10.0. The third kappa shape index (κ3) is 17.7. The largest absolute Gasteiger partial charge is 0.370 e. The maximum atomic E-state index is 16.2. The molecule has 21 nitrogen and oxygen atoms in total. The van der Waals surface area contributed by atoms with Crippen LogP contribution in [0.1, 0.15) is 89.7 Å². The van der Waals surface area contributed by atoms with E-state index in [9.17, 15) is 4.79 Å². The molecule has 0 spiro atoms. The molecular formula is C63H75N15O6. The molecule has 7 rings (SSSR count). The van der Waals surface area contributed by atoms with E-state index >= 15 is 24.0 Å². The molecule has 6 aromatic carbocycles. The summed E-state index contributed by atoms with van der Waals surface area (Å²) < 4.78 is 0. The maximum absolute atomic E-state index is 16.2. The average molecular weight is 1140 g/mol. The van der Waals surface area contributed by atoms with Crippen molar-refractivity contribution in [1.82, 2.24) is 47.9 Å². The Morgan fingerprint density at radius 1 is 0.321 bits per heavy atom. The number of nitrogens with one attached hydrogen (secondary N) is 12. The second-order valence-corrected chi connectivity index (χ2v) is 20.5. The Bertz CT molecular complexity index is 2930. The zero-order valence-electron chi connectivity index (χ0n) is 46.6. The summed E-state index contributed by atoms with van der Waals surface area (Å²) in [5, 5.41) is 49.4. The van der Waals surface area contributed by atoms with Gasteiger partial charge in [0.15, 0.2) is 17.9 Å². The zero-order valence-corrected chi connectivity index (χ0v) is 46.6. The Morgan fingerprint density at radius 3 is 0.738 bits per heavy atom. The van der Waals surface area contributed by atoms with Crippen LogP contribution in [0.2, 0.25) is 0 Å². The van der Waals surface area contributed by atoms with Crippen molar-refractivity contribution in [3.8, 4) is 0 Å². The van der Waals surface area contributed by atoms with Crippen LogP contribution in [-0.4, -0.2) is 109 Å². The first kappa shape index (κ1) is 61.6. The predicted octanol–water partition coefficient (Wildman–Crippen LogP) is 3.19. The number of benzene rings is 6. The molecule has 0 bridgehead atoms. The molecule has 6 atom stereocenters. The fourth-order valence-electron chi connectivity index (χ4n) is 10.5. The number of nitrogens with two attached hydrogens (primary N) is 3. The summed E-state index contributed by atoms with van der Waals surface area (Å²) in [5.41, 5.74) is 20.6. The molecule has 0 aromatic heterocycles. The van der Waals surface area contributed by atoms with Gasteiger partial charge >= 0.3 is 0 Å². The van der Waals surface area contributed by atoms with Crippen LogP contribution >= 0.6 is 0 Å². The first-order valence-corrected chi connectivity index (χ1v) is 28.0. The Balaban J connectivity index is 1.47. The smallest absolute Gasteiger partial charge is 0.244 e. The van der Waals surface area contributed by atoms with E-state index in [2.05, 4.69) is 47.9 Å². The number of hydrogen-bond acceptors (Lipinski definition) is 9. The number of carbonyl (C=O) groups is 6. The standard InChI is InChI=1S/C63H75N15O6/c64-61(65)70-37-19-34-46-55(79)74-48(36-21-39-72-63(68)69)57(81)76-53(50(42-26-11-3-12-27-42)43-28-13-4-14-29-43)59(83)78-54(51(44-30-15-5-16-31-44)45-32-17-6-18-33-45)60(84)77-52(49(40-22-7-1-8-23-40)41-24-9-2-10-25-41)58(82)75-47(56(80)73-46)35-20-38-71-62(66)67/h1-18,22-33,46-54H,19-21,34-39H2,(H,73,80)(H,74,79)(H,75,82)(H,76,81)(H,77,84)(H,78,83)(H4,64,65,70)(H4,66,67,71)(H4,68,69,72)/t46-,47-,48-,52-,53-,54-/m0/s1. The van der Waals surface area contributed by atoms with Gasteiger partial charge in [0, 0.05) is 37.4 Å². The Labute approximate surface area is 489 Å². The Kier molecular flexibility index (Phi) is 22.9. The van der Waals surface area contributed by atoms with Gasteiger partial charge in [0.1, 0.15) is 36.3 Å². The van der Waals surface area contributed by atoms with E-state index in [1.807, 2.05) is 182 Å². The van der Waals surface area contributed by atoms with Crippen molar-refractivity contribution in [2.75, 3.05) is 19.6 Å². The van der Waals surface area contributed by atoms with Crippen LogP contribution in [0.25, 0.3) is 0 Å². The second kappa shape index (κ2) is 31.2. The van der Waals surface area contributed by atoms with E-state index in [4.69, 9.17) is 33.4 Å². The van der Waals surface area contributed by atoms with Crippen LogP contribution in [0.15, 0.2) is 182 Å². The zero-order chi connectivity index (χ0) is 59.8. The third-order valence-electron chi connectivity index (χ3n) is 14.5. The van der Waals surface area contributed by atoms with Crippen LogP contribution in [-0.2, 0) is 28.8 Å². The van der Waals surface area contributed by atoms with Crippen molar-refractivity contribution in [3.63, 3.8) is 0 Å². The highest BCUT2D eigenvalue weighted by Gasteiger charge is 2.43. The van der Waals surface area contributed by atoms with Gasteiger partial charge in [0.25, 0.3) is 0 Å². The topological polar surface area (TPSA) is 360 Å². The minimum atomic E-state index is -1.53. The molecule has 1 heterocycles. The van der Waals surface area contributed by atoms with Crippen LogP contribution in [0.4, 0.5) is 0 Å². The van der Waals surface area contributed by atoms with Crippen molar-refractivity contribution >= 4 is 53.3 Å². The van der Waals surface area contributed by atoms with E-state index < -0.39 is 89.4 Å². The number of hydrogen-bond donors (Lipinski definition) is 15. The van der Waals surface area contributed by atoms with Gasteiger partial charge in [0.2, 0.25) is 35.4 Å². The Morgan fingerprint density at radius 2 is 0.512 bits per heavy atom. The predicted molar refractivity (Wildman–Crippen MR) is 323 cm³/mol. The average Bonchev–Trinajstić information content (AvgIpc) is 2.15. The first-order chi connectivity index (χ1) is 40.7. The lowest BCUT2D eigenvalue weighted by atomic mass is 9.81. The molecule has 0 unspecified atom stereocenters. The summed E-state index contributed by atoms with van der Waals surface area (Å²) in [7, 11) is 0. The van der Waals surface area contributed by atoms with Crippen molar-refractivity contribution < 1.29 is 28.8 Å². The van der Waals surface area contributed by atoms with Gasteiger partial charge in [-0.25, -0.2) is 0 Å². The van der Waals surface area contributed by atoms with Crippen LogP contribution in [0.3, 0.4) is 0 Å². The number of guanidine groups is 3. The molecule has 1 saturated heterocycles. The summed E-state index contributed by atoms with van der Waals surface area (Å²) in [6, 6.07) is 46.0. The summed E-state index contributed by atoms with van der Waals surface area (Å²) >= 11 is 0. The van der Waals surface area contributed by atoms with Gasteiger partial charge in [0.05, 0.1) is 0 Å². The van der Waals surface area contributed by atoms with E-state index in [1.165, 1.54) is 0 Å². The van der Waals surface area contributed by atoms with Crippen LogP contribution in [0.5, 0.6) is 0 Å². The quantitative estimate of drug-likeness (QED) is 0.0281. The molecule has 84 heavy (non-hydrogen) atoms. The van der Waals surface area contributed by atoms with E-state index in [1.54, 1.807) is 0 Å². The van der Waals surface area contributed by atoms with Gasteiger partial charge in [-0.3, -0.25) is 45.0 Å². The molecular weight excluding hydrogens is 1060 g/mol. The molecule has 18 N–H and O–H groups in total. The molecule has 438 valence electrons. The molecule has 6 aromatic rings. The van der Waals surface area contributed by atoms with Gasteiger partial charge in [-0.05, 0) is 71.9 Å². The van der Waals surface area contributed by atoms with Gasteiger partial charge in [-0.15, -0.1) is 0 Å². The minimum Gasteiger partial charge on any atom is -0.370 e. The first-order valence-electron chi connectivity index (χ1n) is 28.0. The normalized spacial score (nSPS) is 19.0. The van der Waals surface area contributed by atoms with Gasteiger partial charge in [-0.1, -0.05) is 182 Å². The number of rotatable bonds is 21. The molecule has 0 aliphatic carbocycles. The molecule has 1 aliphatic heterocycles. The number of carbonyl (C=O) groups excluding carboxylic acids is 6. The highest BCUT2D eigenvalue weighted by atomic mass is 16.2. The number of amides is 6. The summed E-state index contributed by atoms with van der Waals surface area (Å²) in [5.74, 6) is -8.43. The van der Waals surface area contributed by atoms with E-state index in [0.717, 1.165) is 0 Å². The van der Waals surface area contributed by atoms with Gasteiger partial charge < -0.3 is 65.1 Å². The highest BCUT2D eigenvalue weighted by Crippen LogP contribution is 2.34. The molecule has 1 fully saturated rings. The fraction of sp³-hybridized carbons (Fsp3) is 0.286. The van der Waals surface area contributed by atoms with Crippen molar-refractivity contribution in [2.24, 2.45) is 17.2 Å². The monoisotopic (exact) mass is 1140 g/mol. The fourth-order valence-corrected chi connectivity index (χ4v) is 10.5. The molecule has 0 radical (unpaired) electrons. The van der Waals surface area contributed by atoms with Crippen LogP contribution in [0, 0.1) is 16.2 Å². The SMILES string of the molecule is N=C(N)NCCC[C@@H]1NC(=O)[C@H](CCCNC(=N)N)NC(=O)[C@H](C(c2ccccc2)c2ccccc2)NC(=O)[C@H](C(c2ccccc2)c2ccccc2)NC(=O)[C@H](C(c2ccccc2)c2ccccc2)NC(=O)[C@H](CCCNC(=N)N)NC1=O. The van der Waals surface area contributed by atoms with Crippen molar-refractivity contribution in [3.05, 3.63) is 215 Å². The lowest BCUT2D eigenvalue weighted by Crippen LogP contribution is -2.63. The second-order valence-electron chi connectivity index (χ2n) is 20.5. The van der Waals surface area contributed by atoms with Crippen molar-refractivity contribution in [1.29, 1.82) is 16.2 Å². The highest BCUT2D eigenvalue weighted by molar-refractivity contribution is 5.99. The minimum absolute atomic E-state index is 0.0477. The summed E-state index contributed by atoms with van der Waals surface area (Å²) in [6.45, 7) is 0.376.